The number of carbonyl (C=O) groups is 2. The van der Waals surface area contributed by atoms with Crippen LogP contribution in [0.5, 0.6) is 11.5 Å². The predicted octanol–water partition coefficient (Wildman–Crippen LogP) is 2.72. The molecule has 0 aromatic heterocycles. The highest BCUT2D eigenvalue weighted by molar-refractivity contribution is 5.98. The fourth-order valence-electron chi connectivity index (χ4n) is 3.14. The normalized spacial score (nSPS) is 17.6. The van der Waals surface area contributed by atoms with Crippen LogP contribution >= 0.6 is 0 Å². The zero-order valence-corrected chi connectivity index (χ0v) is 16.4. The van der Waals surface area contributed by atoms with Crippen LogP contribution in [0.15, 0.2) is 18.2 Å². The van der Waals surface area contributed by atoms with Gasteiger partial charge in [0.05, 0.1) is 19.8 Å². The van der Waals surface area contributed by atoms with Gasteiger partial charge in [0.2, 0.25) is 5.91 Å². The lowest BCUT2D eigenvalue weighted by molar-refractivity contribution is -0.128. The lowest BCUT2D eigenvalue weighted by Gasteiger charge is -2.33. The van der Waals surface area contributed by atoms with E-state index in [0.29, 0.717) is 36.7 Å². The Bertz CT molecular complexity index is 652. The summed E-state index contributed by atoms with van der Waals surface area (Å²) < 4.78 is 10.7. The van der Waals surface area contributed by atoms with Gasteiger partial charge in [-0.2, -0.15) is 0 Å². The molecule has 6 nitrogen and oxygen atoms in total. The Morgan fingerprint density at radius 2 is 1.96 bits per heavy atom. The van der Waals surface area contributed by atoms with Crippen molar-refractivity contribution in [3.63, 3.8) is 0 Å². The quantitative estimate of drug-likeness (QED) is 0.874. The largest absolute Gasteiger partial charge is 0.493 e. The Balaban J connectivity index is 2.05. The standard InChI is InChI=1S/C20H30N2O4/c1-20(2,3)19(24)21-12-14-8-7-11-22(13-14)18(23)15-9-6-10-16(25-4)17(15)26-5/h6,9-10,14H,7-8,11-13H2,1-5H3,(H,21,24). The molecule has 1 atom stereocenters. The first-order valence-electron chi connectivity index (χ1n) is 9.06. The minimum atomic E-state index is -0.405. The molecule has 1 aliphatic heterocycles. The molecule has 1 saturated heterocycles. The third kappa shape index (κ3) is 4.68. The average Bonchev–Trinajstić information content (AvgIpc) is 2.64. The molecule has 1 heterocycles. The number of carbonyl (C=O) groups excluding carboxylic acids is 2. The smallest absolute Gasteiger partial charge is 0.257 e. The van der Waals surface area contributed by atoms with Gasteiger partial charge in [0.1, 0.15) is 0 Å². The third-order valence-corrected chi connectivity index (χ3v) is 4.67. The second kappa shape index (κ2) is 8.43. The summed E-state index contributed by atoms with van der Waals surface area (Å²) in [6.07, 6.45) is 1.93. The number of ether oxygens (including phenoxy) is 2. The fraction of sp³-hybridized carbons (Fsp3) is 0.600. The summed E-state index contributed by atoms with van der Waals surface area (Å²) in [6.45, 7) is 7.62. The first-order valence-corrected chi connectivity index (χ1v) is 9.06. The van der Waals surface area contributed by atoms with E-state index in [1.54, 1.807) is 25.3 Å². The van der Waals surface area contributed by atoms with Crippen LogP contribution in [0.3, 0.4) is 0 Å². The van der Waals surface area contributed by atoms with Crippen LogP contribution in [0.1, 0.15) is 44.0 Å². The number of amides is 2. The molecule has 26 heavy (non-hydrogen) atoms. The molecule has 1 N–H and O–H groups in total. The summed E-state index contributed by atoms with van der Waals surface area (Å²) in [4.78, 5) is 26.9. The number of likely N-dealkylation sites (tertiary alicyclic amines) is 1. The molecule has 2 amide bonds. The highest BCUT2D eigenvalue weighted by atomic mass is 16.5. The third-order valence-electron chi connectivity index (χ3n) is 4.67. The molecule has 1 unspecified atom stereocenters. The number of nitrogens with one attached hydrogen (secondary N) is 1. The number of piperidine rings is 1. The maximum absolute atomic E-state index is 13.0. The lowest BCUT2D eigenvalue weighted by atomic mass is 9.93. The van der Waals surface area contributed by atoms with Crippen molar-refractivity contribution < 1.29 is 19.1 Å². The Morgan fingerprint density at radius 1 is 1.23 bits per heavy atom. The highest BCUT2D eigenvalue weighted by Gasteiger charge is 2.28. The predicted molar refractivity (Wildman–Crippen MR) is 101 cm³/mol. The van der Waals surface area contributed by atoms with Crippen LogP contribution < -0.4 is 14.8 Å². The SMILES string of the molecule is COc1cccc(C(=O)N2CCCC(CNC(=O)C(C)(C)C)C2)c1OC. The van der Waals surface area contributed by atoms with Crippen molar-refractivity contribution >= 4 is 11.8 Å². The van der Waals surface area contributed by atoms with E-state index in [-0.39, 0.29) is 17.7 Å². The minimum absolute atomic E-state index is 0.0374. The molecule has 0 spiro atoms. The van der Waals surface area contributed by atoms with Crippen molar-refractivity contribution in [3.8, 4) is 11.5 Å². The molecule has 0 aliphatic carbocycles. The minimum Gasteiger partial charge on any atom is -0.493 e. The summed E-state index contributed by atoms with van der Waals surface area (Å²) in [7, 11) is 3.09. The van der Waals surface area contributed by atoms with Gasteiger partial charge in [-0.1, -0.05) is 26.8 Å². The van der Waals surface area contributed by atoms with Crippen LogP contribution in [0.4, 0.5) is 0 Å². The van der Waals surface area contributed by atoms with Gasteiger partial charge < -0.3 is 19.7 Å². The fourth-order valence-corrected chi connectivity index (χ4v) is 3.14. The second-order valence-corrected chi connectivity index (χ2v) is 7.76. The molecule has 1 aromatic rings. The number of hydrogen-bond donors (Lipinski definition) is 1. The van der Waals surface area contributed by atoms with Crippen molar-refractivity contribution in [2.45, 2.75) is 33.6 Å². The molecule has 144 valence electrons. The molecule has 6 heteroatoms. The van der Waals surface area contributed by atoms with Gasteiger partial charge in [0.15, 0.2) is 11.5 Å². The number of methoxy groups -OCH3 is 2. The summed E-state index contributed by atoms with van der Waals surface area (Å²) in [6, 6.07) is 5.32. The van der Waals surface area contributed by atoms with E-state index in [1.165, 1.54) is 7.11 Å². The van der Waals surface area contributed by atoms with Crippen LogP contribution in [-0.4, -0.2) is 50.6 Å². The molecule has 0 saturated carbocycles. The number of benzene rings is 1. The first kappa shape index (κ1) is 20.1. The maximum atomic E-state index is 13.0. The Morgan fingerprint density at radius 3 is 2.58 bits per heavy atom. The van der Waals surface area contributed by atoms with E-state index in [9.17, 15) is 9.59 Å². The van der Waals surface area contributed by atoms with Gasteiger partial charge in [-0.25, -0.2) is 0 Å². The van der Waals surface area contributed by atoms with E-state index in [4.69, 9.17) is 9.47 Å². The van der Waals surface area contributed by atoms with Crippen molar-refractivity contribution in [2.24, 2.45) is 11.3 Å². The van der Waals surface area contributed by atoms with Gasteiger partial charge in [-0.05, 0) is 30.9 Å². The highest BCUT2D eigenvalue weighted by Crippen LogP contribution is 2.32. The zero-order chi connectivity index (χ0) is 19.3. The number of hydrogen-bond acceptors (Lipinski definition) is 4. The second-order valence-electron chi connectivity index (χ2n) is 7.76. The van der Waals surface area contributed by atoms with Crippen LogP contribution in [0, 0.1) is 11.3 Å². The van der Waals surface area contributed by atoms with E-state index in [2.05, 4.69) is 5.32 Å². The summed E-state index contributed by atoms with van der Waals surface area (Å²) in [5.41, 5.74) is 0.101. The van der Waals surface area contributed by atoms with Gasteiger partial charge in [-0.3, -0.25) is 9.59 Å². The Labute approximate surface area is 155 Å². The maximum Gasteiger partial charge on any atom is 0.257 e. The zero-order valence-electron chi connectivity index (χ0n) is 16.4. The van der Waals surface area contributed by atoms with E-state index in [0.717, 1.165) is 12.8 Å². The molecular formula is C20H30N2O4. The number of rotatable bonds is 5. The van der Waals surface area contributed by atoms with E-state index in [1.807, 2.05) is 25.7 Å². The topological polar surface area (TPSA) is 67.9 Å². The van der Waals surface area contributed by atoms with Crippen LogP contribution in [0.2, 0.25) is 0 Å². The van der Waals surface area contributed by atoms with Gasteiger partial charge in [-0.15, -0.1) is 0 Å². The van der Waals surface area contributed by atoms with Crippen LogP contribution in [0.25, 0.3) is 0 Å². The van der Waals surface area contributed by atoms with Gasteiger partial charge >= 0.3 is 0 Å². The lowest BCUT2D eigenvalue weighted by Crippen LogP contribution is -2.45. The summed E-state index contributed by atoms with van der Waals surface area (Å²) >= 11 is 0. The summed E-state index contributed by atoms with van der Waals surface area (Å²) in [5, 5.41) is 3.01. The van der Waals surface area contributed by atoms with Crippen molar-refractivity contribution in [3.05, 3.63) is 23.8 Å². The summed E-state index contributed by atoms with van der Waals surface area (Å²) in [5.74, 6) is 1.24. The molecule has 1 aliphatic rings. The average molecular weight is 362 g/mol. The Kier molecular flexibility index (Phi) is 6.51. The van der Waals surface area contributed by atoms with E-state index >= 15 is 0 Å². The van der Waals surface area contributed by atoms with E-state index < -0.39 is 5.41 Å². The number of nitrogens with zero attached hydrogens (tertiary/aromatic N) is 1. The molecule has 1 aromatic carbocycles. The molecule has 0 radical (unpaired) electrons. The number of para-hydroxylation sites is 1. The monoisotopic (exact) mass is 362 g/mol. The van der Waals surface area contributed by atoms with Crippen LogP contribution in [-0.2, 0) is 4.79 Å². The molecular weight excluding hydrogens is 332 g/mol. The Hall–Kier alpha value is -2.24. The van der Waals surface area contributed by atoms with Crippen molar-refractivity contribution in [2.75, 3.05) is 33.9 Å². The van der Waals surface area contributed by atoms with Crippen molar-refractivity contribution in [1.29, 1.82) is 0 Å². The molecule has 2 rings (SSSR count). The first-order chi connectivity index (χ1) is 12.3. The van der Waals surface area contributed by atoms with Gasteiger partial charge in [0, 0.05) is 25.0 Å². The molecule has 0 bridgehead atoms. The molecule has 1 fully saturated rings. The van der Waals surface area contributed by atoms with Gasteiger partial charge in [0.25, 0.3) is 5.91 Å². The van der Waals surface area contributed by atoms with Crippen molar-refractivity contribution in [1.82, 2.24) is 10.2 Å².